The molecule has 5 heteroatoms. The van der Waals surface area contributed by atoms with E-state index in [-0.39, 0.29) is 0 Å². The highest BCUT2D eigenvalue weighted by Gasteiger charge is 2.15. The Hall–Kier alpha value is -0.260. The fourth-order valence-electron chi connectivity index (χ4n) is 1.21. The molecule has 0 aromatic carbocycles. The van der Waals surface area contributed by atoms with Gasteiger partial charge in [0.1, 0.15) is 0 Å². The minimum atomic E-state index is 0.706. The second-order valence-corrected chi connectivity index (χ2v) is 4.40. The van der Waals surface area contributed by atoms with Gasteiger partial charge in [0.15, 0.2) is 0 Å². The summed E-state index contributed by atoms with van der Waals surface area (Å²) in [5.41, 5.74) is 0. The van der Waals surface area contributed by atoms with E-state index >= 15 is 0 Å². The zero-order chi connectivity index (χ0) is 10.6. The van der Waals surface area contributed by atoms with Crippen LogP contribution in [0, 0.1) is 0 Å². The summed E-state index contributed by atoms with van der Waals surface area (Å²) in [7, 11) is 3.90. The summed E-state index contributed by atoms with van der Waals surface area (Å²) in [5, 5.41) is 0. The quantitative estimate of drug-likeness (QED) is 0.656. The highest BCUT2D eigenvalue weighted by molar-refractivity contribution is 7.82. The highest BCUT2D eigenvalue weighted by Crippen LogP contribution is 2.04. The first-order chi connectivity index (χ1) is 6.61. The predicted molar refractivity (Wildman–Crippen MR) is 65.9 cm³/mol. The van der Waals surface area contributed by atoms with E-state index in [1.807, 2.05) is 19.0 Å². The fraction of sp³-hybridized carbons (Fsp3) is 0.778. The van der Waals surface area contributed by atoms with Crippen molar-refractivity contribution in [1.82, 2.24) is 9.80 Å². The van der Waals surface area contributed by atoms with E-state index in [2.05, 4.69) is 4.90 Å². The molecule has 80 valence electrons. The topological polar surface area (TPSA) is 15.7 Å². The van der Waals surface area contributed by atoms with Crippen molar-refractivity contribution in [2.75, 3.05) is 40.4 Å². The third-order valence-electron chi connectivity index (χ3n) is 2.17. The van der Waals surface area contributed by atoms with Gasteiger partial charge in [-0.3, -0.25) is 0 Å². The summed E-state index contributed by atoms with van der Waals surface area (Å²) in [5.74, 6) is 0. The van der Waals surface area contributed by atoms with Crippen LogP contribution in [0.3, 0.4) is 0 Å². The van der Waals surface area contributed by atoms with Gasteiger partial charge in [0, 0.05) is 33.6 Å². The highest BCUT2D eigenvalue weighted by atomic mass is 32.1. The van der Waals surface area contributed by atoms with Crippen LogP contribution in [0.2, 0.25) is 0 Å². The Labute approximate surface area is 96.0 Å². The third-order valence-corrected chi connectivity index (χ3v) is 3.08. The van der Waals surface area contributed by atoms with Crippen molar-refractivity contribution in [3.8, 4) is 0 Å². The Morgan fingerprint density at radius 2 is 1.86 bits per heavy atom. The Balaban J connectivity index is 2.37. The van der Waals surface area contributed by atoms with Gasteiger partial charge in [-0.2, -0.15) is 0 Å². The van der Waals surface area contributed by atoms with E-state index in [4.69, 9.17) is 29.2 Å². The number of morpholine rings is 1. The number of rotatable bonds is 2. The maximum atomic E-state index is 5.33. The van der Waals surface area contributed by atoms with Gasteiger partial charge in [-0.1, -0.05) is 24.4 Å². The van der Waals surface area contributed by atoms with Crippen molar-refractivity contribution < 1.29 is 4.74 Å². The average Bonchev–Trinajstić information content (AvgIpc) is 2.19. The van der Waals surface area contributed by atoms with Gasteiger partial charge in [-0.25, -0.2) is 0 Å². The van der Waals surface area contributed by atoms with Gasteiger partial charge in [0.05, 0.1) is 23.2 Å². The molecule has 0 saturated carbocycles. The second kappa shape index (κ2) is 5.58. The van der Waals surface area contributed by atoms with Crippen molar-refractivity contribution in [1.29, 1.82) is 0 Å². The van der Waals surface area contributed by atoms with E-state index in [1.54, 1.807) is 0 Å². The molecule has 0 bridgehead atoms. The lowest BCUT2D eigenvalue weighted by molar-refractivity contribution is 0.0686. The van der Waals surface area contributed by atoms with E-state index < -0.39 is 0 Å². The molecule has 0 spiro atoms. The molecule has 0 unspecified atom stereocenters. The third kappa shape index (κ3) is 3.48. The SMILES string of the molecule is CN(C)C(=S)CC(=S)N1CCOCC1. The van der Waals surface area contributed by atoms with Crippen LogP contribution in [0.1, 0.15) is 6.42 Å². The van der Waals surface area contributed by atoms with Gasteiger partial charge in [0.25, 0.3) is 0 Å². The molecule has 0 radical (unpaired) electrons. The van der Waals surface area contributed by atoms with Gasteiger partial charge in [-0.15, -0.1) is 0 Å². The standard InChI is InChI=1S/C9H16N2OS2/c1-10(2)8(13)7-9(14)11-3-5-12-6-4-11/h3-7H2,1-2H3. The maximum absolute atomic E-state index is 5.33. The summed E-state index contributed by atoms with van der Waals surface area (Å²) in [6.07, 6.45) is 0.706. The number of hydrogen-bond acceptors (Lipinski definition) is 3. The lowest BCUT2D eigenvalue weighted by Gasteiger charge is -2.29. The zero-order valence-corrected chi connectivity index (χ0v) is 10.3. The Morgan fingerprint density at radius 1 is 1.29 bits per heavy atom. The zero-order valence-electron chi connectivity index (χ0n) is 8.65. The molecule has 0 N–H and O–H groups in total. The second-order valence-electron chi connectivity index (χ2n) is 3.46. The Kier molecular flexibility index (Phi) is 4.71. The summed E-state index contributed by atoms with van der Waals surface area (Å²) in [6, 6.07) is 0. The molecule has 1 aliphatic heterocycles. The first-order valence-electron chi connectivity index (χ1n) is 4.67. The molecule has 0 aromatic rings. The monoisotopic (exact) mass is 232 g/mol. The van der Waals surface area contributed by atoms with Gasteiger partial charge < -0.3 is 14.5 Å². The molecular weight excluding hydrogens is 216 g/mol. The molecule has 1 heterocycles. The lowest BCUT2D eigenvalue weighted by Crippen LogP contribution is -2.41. The maximum Gasteiger partial charge on any atom is 0.0849 e. The van der Waals surface area contributed by atoms with E-state index in [9.17, 15) is 0 Å². The molecule has 1 fully saturated rings. The average molecular weight is 232 g/mol. The van der Waals surface area contributed by atoms with Crippen LogP contribution in [0.25, 0.3) is 0 Å². The molecule has 1 saturated heterocycles. The first kappa shape index (κ1) is 11.8. The molecule has 0 amide bonds. The largest absolute Gasteiger partial charge is 0.378 e. The molecule has 0 aliphatic carbocycles. The molecule has 1 rings (SSSR count). The van der Waals surface area contributed by atoms with Crippen LogP contribution in [-0.2, 0) is 4.74 Å². The van der Waals surface area contributed by atoms with E-state index in [0.29, 0.717) is 6.42 Å². The van der Waals surface area contributed by atoms with Crippen LogP contribution in [0.5, 0.6) is 0 Å². The molecule has 1 aliphatic rings. The predicted octanol–water partition coefficient (Wildman–Crippen LogP) is 0.925. The summed E-state index contributed by atoms with van der Waals surface area (Å²) in [6.45, 7) is 3.34. The molecule has 0 aromatic heterocycles. The minimum Gasteiger partial charge on any atom is -0.378 e. The van der Waals surface area contributed by atoms with Crippen molar-refractivity contribution in [2.45, 2.75) is 6.42 Å². The number of ether oxygens (including phenoxy) is 1. The first-order valence-corrected chi connectivity index (χ1v) is 5.48. The van der Waals surface area contributed by atoms with Crippen LogP contribution in [-0.4, -0.2) is 60.2 Å². The summed E-state index contributed by atoms with van der Waals surface area (Å²) < 4.78 is 5.26. The van der Waals surface area contributed by atoms with Crippen molar-refractivity contribution >= 4 is 34.4 Å². The van der Waals surface area contributed by atoms with Gasteiger partial charge >= 0.3 is 0 Å². The normalized spacial score (nSPS) is 16.6. The van der Waals surface area contributed by atoms with Crippen molar-refractivity contribution in [2.24, 2.45) is 0 Å². The summed E-state index contributed by atoms with van der Waals surface area (Å²) in [4.78, 5) is 5.94. The number of thiocarbonyl (C=S) groups is 2. The van der Waals surface area contributed by atoms with Crippen molar-refractivity contribution in [3.05, 3.63) is 0 Å². The Morgan fingerprint density at radius 3 is 2.36 bits per heavy atom. The molecule has 3 nitrogen and oxygen atoms in total. The van der Waals surface area contributed by atoms with Crippen LogP contribution >= 0.6 is 24.4 Å². The van der Waals surface area contributed by atoms with E-state index in [1.165, 1.54) is 0 Å². The lowest BCUT2D eigenvalue weighted by atomic mass is 10.3. The smallest absolute Gasteiger partial charge is 0.0849 e. The number of hydrogen-bond donors (Lipinski definition) is 0. The molecular formula is C9H16N2OS2. The van der Waals surface area contributed by atoms with Gasteiger partial charge in [-0.05, 0) is 0 Å². The summed E-state index contributed by atoms with van der Waals surface area (Å²) >= 11 is 10.5. The van der Waals surface area contributed by atoms with Crippen LogP contribution < -0.4 is 0 Å². The minimum absolute atomic E-state index is 0.706. The molecule has 0 atom stereocenters. The van der Waals surface area contributed by atoms with E-state index in [0.717, 1.165) is 36.3 Å². The van der Waals surface area contributed by atoms with Crippen molar-refractivity contribution in [3.63, 3.8) is 0 Å². The van der Waals surface area contributed by atoms with Crippen LogP contribution in [0.4, 0.5) is 0 Å². The molecule has 14 heavy (non-hydrogen) atoms. The number of nitrogens with zero attached hydrogens (tertiary/aromatic N) is 2. The van der Waals surface area contributed by atoms with Crippen LogP contribution in [0.15, 0.2) is 0 Å². The Bertz CT molecular complexity index is 225. The van der Waals surface area contributed by atoms with Gasteiger partial charge in [0.2, 0.25) is 0 Å². The fourth-order valence-corrected chi connectivity index (χ4v) is 1.76.